The van der Waals surface area contributed by atoms with E-state index >= 15 is 0 Å². The van der Waals surface area contributed by atoms with Crippen molar-refractivity contribution < 1.29 is 9.59 Å². The van der Waals surface area contributed by atoms with E-state index in [4.69, 9.17) is 5.73 Å². The average Bonchev–Trinajstić information content (AvgIpc) is 3.06. The lowest BCUT2D eigenvalue weighted by molar-refractivity contribution is 0.100. The van der Waals surface area contributed by atoms with Gasteiger partial charge in [0.15, 0.2) is 0 Å². The molecule has 0 unspecified atom stereocenters. The number of benzene rings is 2. The van der Waals surface area contributed by atoms with Gasteiger partial charge in [0.2, 0.25) is 0 Å². The summed E-state index contributed by atoms with van der Waals surface area (Å²) >= 11 is 3.31. The first-order valence-corrected chi connectivity index (χ1v) is 9.73. The van der Waals surface area contributed by atoms with E-state index in [1.165, 1.54) is 0 Å². The number of nitrogens with two attached hydrogens (primary N) is 1. The number of thiazole rings is 1. The first kappa shape index (κ1) is 18.2. The van der Waals surface area contributed by atoms with Gasteiger partial charge in [-0.1, -0.05) is 12.1 Å². The first-order valence-electron chi connectivity index (χ1n) is 7.87. The van der Waals surface area contributed by atoms with Gasteiger partial charge >= 0.3 is 0 Å². The van der Waals surface area contributed by atoms with Gasteiger partial charge in [-0.2, -0.15) is 0 Å². The Kier molecular flexibility index (Phi) is 5.70. The van der Waals surface area contributed by atoms with Crippen LogP contribution >= 0.6 is 23.1 Å². The number of hydrogen-bond acceptors (Lipinski definition) is 5. The molecule has 2 aromatic carbocycles. The number of carbonyl (C=O) groups is 2. The highest BCUT2D eigenvalue weighted by Gasteiger charge is 2.12. The highest BCUT2D eigenvalue weighted by Crippen LogP contribution is 2.24. The van der Waals surface area contributed by atoms with Crippen molar-refractivity contribution in [1.82, 2.24) is 4.98 Å². The minimum absolute atomic E-state index is 0.284. The first-order chi connectivity index (χ1) is 12.5. The van der Waals surface area contributed by atoms with Crippen molar-refractivity contribution in [3.8, 4) is 0 Å². The summed E-state index contributed by atoms with van der Waals surface area (Å²) < 4.78 is 0. The Labute approximate surface area is 159 Å². The molecule has 0 saturated heterocycles. The molecule has 1 heterocycles. The van der Waals surface area contributed by atoms with Gasteiger partial charge in [-0.05, 0) is 43.3 Å². The monoisotopic (exact) mass is 383 g/mol. The molecule has 0 aliphatic heterocycles. The van der Waals surface area contributed by atoms with Crippen LogP contribution in [-0.2, 0) is 5.75 Å². The van der Waals surface area contributed by atoms with Crippen LogP contribution in [0, 0.1) is 6.92 Å². The molecular formula is C19H17N3O2S2. The predicted molar refractivity (Wildman–Crippen MR) is 106 cm³/mol. The molecule has 0 atom stereocenters. The summed E-state index contributed by atoms with van der Waals surface area (Å²) in [6.07, 6.45) is 0. The number of thioether (sulfide) groups is 1. The molecule has 5 nitrogen and oxygen atoms in total. The fourth-order valence-corrected chi connectivity index (χ4v) is 3.84. The second-order valence-corrected chi connectivity index (χ2v) is 7.65. The van der Waals surface area contributed by atoms with Crippen molar-refractivity contribution in [3.63, 3.8) is 0 Å². The normalized spacial score (nSPS) is 10.5. The Morgan fingerprint density at radius 3 is 2.54 bits per heavy atom. The number of nitrogens with one attached hydrogen (secondary N) is 1. The maximum Gasteiger partial charge on any atom is 0.255 e. The minimum atomic E-state index is -0.579. The molecule has 3 rings (SSSR count). The summed E-state index contributed by atoms with van der Waals surface area (Å²) in [4.78, 5) is 29.3. The number of aryl methyl sites for hydroxylation is 1. The van der Waals surface area contributed by atoms with E-state index in [0.29, 0.717) is 11.3 Å². The zero-order valence-electron chi connectivity index (χ0n) is 14.1. The van der Waals surface area contributed by atoms with E-state index < -0.39 is 5.91 Å². The van der Waals surface area contributed by atoms with Gasteiger partial charge in [0.1, 0.15) is 0 Å². The summed E-state index contributed by atoms with van der Waals surface area (Å²) in [7, 11) is 0. The summed E-state index contributed by atoms with van der Waals surface area (Å²) in [6, 6.07) is 14.0. The van der Waals surface area contributed by atoms with Crippen molar-refractivity contribution in [2.45, 2.75) is 17.6 Å². The van der Waals surface area contributed by atoms with Crippen LogP contribution in [0.2, 0.25) is 0 Å². The molecule has 26 heavy (non-hydrogen) atoms. The predicted octanol–water partition coefficient (Wildman–Crippen LogP) is 4.10. The lowest BCUT2D eigenvalue weighted by atomic mass is 10.1. The fourth-order valence-electron chi connectivity index (χ4n) is 2.34. The van der Waals surface area contributed by atoms with Crippen LogP contribution in [0.15, 0.2) is 58.8 Å². The van der Waals surface area contributed by atoms with Crippen LogP contribution in [0.3, 0.4) is 0 Å². The van der Waals surface area contributed by atoms with Crippen LogP contribution in [-0.4, -0.2) is 16.8 Å². The molecular weight excluding hydrogens is 366 g/mol. The van der Waals surface area contributed by atoms with Crippen molar-refractivity contribution in [1.29, 1.82) is 0 Å². The average molecular weight is 383 g/mol. The van der Waals surface area contributed by atoms with Crippen LogP contribution in [0.5, 0.6) is 0 Å². The number of anilines is 1. The van der Waals surface area contributed by atoms with E-state index in [1.54, 1.807) is 59.5 Å². The van der Waals surface area contributed by atoms with E-state index in [0.717, 1.165) is 21.3 Å². The Hall–Kier alpha value is -2.64. The number of hydrogen-bond donors (Lipinski definition) is 2. The summed E-state index contributed by atoms with van der Waals surface area (Å²) in [5.74, 6) is -0.0719. The molecule has 0 saturated carbocycles. The van der Waals surface area contributed by atoms with Gasteiger partial charge in [0.05, 0.1) is 22.0 Å². The van der Waals surface area contributed by atoms with E-state index in [2.05, 4.69) is 15.7 Å². The van der Waals surface area contributed by atoms with Crippen molar-refractivity contribution in [2.24, 2.45) is 5.73 Å². The van der Waals surface area contributed by atoms with Gasteiger partial charge < -0.3 is 11.1 Å². The molecule has 2 amide bonds. The van der Waals surface area contributed by atoms with Crippen molar-refractivity contribution >= 4 is 40.6 Å². The quantitative estimate of drug-likeness (QED) is 0.628. The van der Waals surface area contributed by atoms with E-state index in [9.17, 15) is 9.59 Å². The molecule has 132 valence electrons. The summed E-state index contributed by atoms with van der Waals surface area (Å²) in [6.45, 7) is 1.99. The maximum absolute atomic E-state index is 12.4. The SMILES string of the molecule is Cc1nc(CSc2ccc(C(=O)Nc3ccccc3C(N)=O)cc2)cs1. The third-order valence-electron chi connectivity index (χ3n) is 3.61. The number of nitrogens with zero attached hydrogens (tertiary/aromatic N) is 1. The lowest BCUT2D eigenvalue weighted by Gasteiger charge is -2.09. The Balaban J connectivity index is 1.64. The number of rotatable bonds is 6. The Morgan fingerprint density at radius 1 is 1.15 bits per heavy atom. The second kappa shape index (κ2) is 8.16. The van der Waals surface area contributed by atoms with Crippen molar-refractivity contribution in [3.05, 3.63) is 75.7 Å². The third-order valence-corrected chi connectivity index (χ3v) is 5.48. The van der Waals surface area contributed by atoms with Crippen LogP contribution in [0.1, 0.15) is 31.4 Å². The van der Waals surface area contributed by atoms with Crippen LogP contribution < -0.4 is 11.1 Å². The second-order valence-electron chi connectivity index (χ2n) is 5.53. The molecule has 0 spiro atoms. The molecule has 1 aromatic heterocycles. The molecule has 0 aliphatic rings. The molecule has 7 heteroatoms. The summed E-state index contributed by atoms with van der Waals surface area (Å²) in [5.41, 5.74) is 7.59. The largest absolute Gasteiger partial charge is 0.366 e. The van der Waals surface area contributed by atoms with Gasteiger partial charge in [0, 0.05) is 21.6 Å². The third kappa shape index (κ3) is 4.50. The number of primary amides is 1. The minimum Gasteiger partial charge on any atom is -0.366 e. The standard InChI is InChI=1S/C19H17N3O2S2/c1-12-21-14(10-25-12)11-26-15-8-6-13(7-9-15)19(24)22-17-5-3-2-4-16(17)18(20)23/h2-10H,11H2,1H3,(H2,20,23)(H,22,24). The zero-order valence-corrected chi connectivity index (χ0v) is 15.7. The molecule has 0 radical (unpaired) electrons. The van der Waals surface area contributed by atoms with E-state index in [-0.39, 0.29) is 11.5 Å². The fraction of sp³-hybridized carbons (Fsp3) is 0.105. The Morgan fingerprint density at radius 2 is 1.88 bits per heavy atom. The molecule has 0 fully saturated rings. The number of carbonyl (C=O) groups excluding carboxylic acids is 2. The van der Waals surface area contributed by atoms with Gasteiger partial charge in [-0.15, -0.1) is 23.1 Å². The zero-order chi connectivity index (χ0) is 18.5. The van der Waals surface area contributed by atoms with Gasteiger partial charge in [-0.3, -0.25) is 9.59 Å². The van der Waals surface area contributed by atoms with Crippen molar-refractivity contribution in [2.75, 3.05) is 5.32 Å². The smallest absolute Gasteiger partial charge is 0.255 e. The molecule has 0 aliphatic carbocycles. The highest BCUT2D eigenvalue weighted by atomic mass is 32.2. The number of amides is 2. The van der Waals surface area contributed by atoms with Crippen LogP contribution in [0.25, 0.3) is 0 Å². The molecule has 3 N–H and O–H groups in total. The number of aromatic nitrogens is 1. The van der Waals surface area contributed by atoms with E-state index in [1.807, 2.05) is 19.1 Å². The molecule has 3 aromatic rings. The van der Waals surface area contributed by atoms with Crippen LogP contribution in [0.4, 0.5) is 5.69 Å². The highest BCUT2D eigenvalue weighted by molar-refractivity contribution is 7.98. The van der Waals surface area contributed by atoms with Gasteiger partial charge in [-0.25, -0.2) is 4.98 Å². The summed E-state index contributed by atoms with van der Waals surface area (Å²) in [5, 5.41) is 5.85. The topological polar surface area (TPSA) is 85.1 Å². The maximum atomic E-state index is 12.4. The lowest BCUT2D eigenvalue weighted by Crippen LogP contribution is -2.18. The van der Waals surface area contributed by atoms with Gasteiger partial charge in [0.25, 0.3) is 11.8 Å². The Bertz CT molecular complexity index is 936. The molecule has 0 bridgehead atoms. The number of para-hydroxylation sites is 1.